The summed E-state index contributed by atoms with van der Waals surface area (Å²) in [4.78, 5) is 12.3. The Morgan fingerprint density at radius 2 is 1.65 bits per heavy atom. The molecular formula is C21H25NO4. The zero-order valence-electron chi connectivity index (χ0n) is 15.8. The lowest BCUT2D eigenvalue weighted by molar-refractivity contribution is -0.111. The van der Waals surface area contributed by atoms with Crippen LogP contribution in [0.25, 0.3) is 6.08 Å². The van der Waals surface area contributed by atoms with Crippen LogP contribution in [0.2, 0.25) is 0 Å². The van der Waals surface area contributed by atoms with Crippen LogP contribution in [0.3, 0.4) is 0 Å². The summed E-state index contributed by atoms with van der Waals surface area (Å²) in [6.07, 6.45) is 3.16. The van der Waals surface area contributed by atoms with E-state index in [1.807, 2.05) is 30.3 Å². The van der Waals surface area contributed by atoms with Crippen molar-refractivity contribution in [3.63, 3.8) is 0 Å². The third-order valence-corrected chi connectivity index (χ3v) is 3.99. The average molecular weight is 355 g/mol. The molecule has 2 aromatic rings. The largest absolute Gasteiger partial charge is 0.493 e. The van der Waals surface area contributed by atoms with Gasteiger partial charge in [-0.25, -0.2) is 0 Å². The smallest absolute Gasteiger partial charge is 0.248 e. The molecular weight excluding hydrogens is 330 g/mol. The lowest BCUT2D eigenvalue weighted by Crippen LogP contribution is -2.10. The van der Waals surface area contributed by atoms with Crippen molar-refractivity contribution in [3.05, 3.63) is 53.6 Å². The summed E-state index contributed by atoms with van der Waals surface area (Å²) in [7, 11) is 4.66. The molecule has 0 aliphatic rings. The maximum absolute atomic E-state index is 12.3. The van der Waals surface area contributed by atoms with Crippen molar-refractivity contribution >= 4 is 17.7 Å². The van der Waals surface area contributed by atoms with Crippen LogP contribution in [0.15, 0.2) is 42.5 Å². The van der Waals surface area contributed by atoms with Crippen molar-refractivity contribution in [2.75, 3.05) is 26.6 Å². The summed E-state index contributed by atoms with van der Waals surface area (Å²) in [6.45, 7) is 4.19. The number of methoxy groups -OCH3 is 3. The van der Waals surface area contributed by atoms with Crippen LogP contribution in [0, 0.1) is 0 Å². The van der Waals surface area contributed by atoms with E-state index in [2.05, 4.69) is 19.2 Å². The highest BCUT2D eigenvalue weighted by atomic mass is 16.5. The van der Waals surface area contributed by atoms with Gasteiger partial charge >= 0.3 is 0 Å². The standard InChI is InChI=1S/C21H25NO4/c1-14(2)16-8-6-7-9-17(16)22-19(23)13-11-15-10-12-18(24-3)21(26-5)20(15)25-4/h6-14H,1-5H3,(H,22,23)/b13-11+. The van der Waals surface area contributed by atoms with E-state index in [0.29, 0.717) is 23.2 Å². The molecule has 0 radical (unpaired) electrons. The molecule has 0 aliphatic carbocycles. The molecule has 0 aliphatic heterocycles. The van der Waals surface area contributed by atoms with E-state index in [0.717, 1.165) is 16.8 Å². The first-order valence-electron chi connectivity index (χ1n) is 8.38. The van der Waals surface area contributed by atoms with Crippen LogP contribution in [-0.4, -0.2) is 27.2 Å². The molecule has 5 nitrogen and oxygen atoms in total. The SMILES string of the molecule is COc1ccc(/C=C/C(=O)Nc2ccccc2C(C)C)c(OC)c1OC. The molecule has 0 saturated heterocycles. The molecule has 1 amide bonds. The molecule has 0 unspecified atom stereocenters. The van der Waals surface area contributed by atoms with Gasteiger partial charge in [-0.3, -0.25) is 4.79 Å². The van der Waals surface area contributed by atoms with Crippen LogP contribution >= 0.6 is 0 Å². The quantitative estimate of drug-likeness (QED) is 0.744. The molecule has 0 heterocycles. The molecule has 0 saturated carbocycles. The Morgan fingerprint density at radius 1 is 0.962 bits per heavy atom. The number of carbonyl (C=O) groups is 1. The van der Waals surface area contributed by atoms with E-state index in [1.165, 1.54) is 6.08 Å². The Hall–Kier alpha value is -2.95. The molecule has 26 heavy (non-hydrogen) atoms. The fourth-order valence-electron chi connectivity index (χ4n) is 2.71. The third kappa shape index (κ3) is 4.36. The Labute approximate surface area is 154 Å². The molecule has 1 N–H and O–H groups in total. The lowest BCUT2D eigenvalue weighted by atomic mass is 10.0. The summed E-state index contributed by atoms with van der Waals surface area (Å²) in [5, 5.41) is 2.93. The number of amides is 1. The van der Waals surface area contributed by atoms with Gasteiger partial charge < -0.3 is 19.5 Å². The second-order valence-electron chi connectivity index (χ2n) is 5.99. The number of ether oxygens (including phenoxy) is 3. The predicted octanol–water partition coefficient (Wildman–Crippen LogP) is 4.49. The number of nitrogens with one attached hydrogen (secondary N) is 1. The summed E-state index contributed by atoms with van der Waals surface area (Å²) < 4.78 is 16.0. The van der Waals surface area contributed by atoms with Gasteiger partial charge in [0.1, 0.15) is 0 Å². The Bertz CT molecular complexity index is 797. The van der Waals surface area contributed by atoms with Gasteiger partial charge in [-0.2, -0.15) is 0 Å². The summed E-state index contributed by atoms with van der Waals surface area (Å²) in [6, 6.07) is 11.4. The van der Waals surface area contributed by atoms with Gasteiger partial charge in [0, 0.05) is 17.3 Å². The number of benzene rings is 2. The highest BCUT2D eigenvalue weighted by molar-refractivity contribution is 6.02. The molecule has 0 fully saturated rings. The predicted molar refractivity (Wildman–Crippen MR) is 104 cm³/mol. The first kappa shape index (κ1) is 19.4. The van der Waals surface area contributed by atoms with Crippen molar-refractivity contribution in [3.8, 4) is 17.2 Å². The zero-order chi connectivity index (χ0) is 19.1. The lowest BCUT2D eigenvalue weighted by Gasteiger charge is -2.14. The minimum absolute atomic E-state index is 0.213. The van der Waals surface area contributed by atoms with E-state index in [1.54, 1.807) is 33.5 Å². The molecule has 0 spiro atoms. The van der Waals surface area contributed by atoms with Gasteiger partial charge in [-0.05, 0) is 35.8 Å². The minimum Gasteiger partial charge on any atom is -0.493 e. The third-order valence-electron chi connectivity index (χ3n) is 3.99. The Morgan fingerprint density at radius 3 is 2.27 bits per heavy atom. The molecule has 5 heteroatoms. The maximum atomic E-state index is 12.3. The van der Waals surface area contributed by atoms with Crippen LogP contribution < -0.4 is 19.5 Å². The number of hydrogen-bond donors (Lipinski definition) is 1. The van der Waals surface area contributed by atoms with E-state index in [4.69, 9.17) is 14.2 Å². The summed E-state index contributed by atoms with van der Waals surface area (Å²) >= 11 is 0. The van der Waals surface area contributed by atoms with Gasteiger partial charge in [-0.1, -0.05) is 32.0 Å². The topological polar surface area (TPSA) is 56.8 Å². The maximum Gasteiger partial charge on any atom is 0.248 e. The van der Waals surface area contributed by atoms with Gasteiger partial charge in [-0.15, -0.1) is 0 Å². The Balaban J connectivity index is 2.24. The van der Waals surface area contributed by atoms with Crippen LogP contribution in [0.1, 0.15) is 30.9 Å². The molecule has 2 aromatic carbocycles. The van der Waals surface area contributed by atoms with Gasteiger partial charge in [0.05, 0.1) is 21.3 Å². The number of carbonyl (C=O) groups excluding carboxylic acids is 1. The number of para-hydroxylation sites is 1. The normalized spacial score (nSPS) is 10.8. The monoisotopic (exact) mass is 355 g/mol. The van der Waals surface area contributed by atoms with Crippen molar-refractivity contribution in [2.24, 2.45) is 0 Å². The zero-order valence-corrected chi connectivity index (χ0v) is 15.8. The van der Waals surface area contributed by atoms with E-state index < -0.39 is 0 Å². The number of hydrogen-bond acceptors (Lipinski definition) is 4. The number of rotatable bonds is 7. The molecule has 0 bridgehead atoms. The second kappa shape index (κ2) is 8.94. The van der Waals surface area contributed by atoms with Gasteiger partial charge in [0.2, 0.25) is 11.7 Å². The molecule has 2 rings (SSSR count). The van der Waals surface area contributed by atoms with Crippen molar-refractivity contribution < 1.29 is 19.0 Å². The van der Waals surface area contributed by atoms with E-state index >= 15 is 0 Å². The minimum atomic E-state index is -0.213. The van der Waals surface area contributed by atoms with Crippen molar-refractivity contribution in [1.29, 1.82) is 0 Å². The summed E-state index contributed by atoms with van der Waals surface area (Å²) in [5.74, 6) is 1.68. The Kier molecular flexibility index (Phi) is 6.67. The molecule has 138 valence electrons. The van der Waals surface area contributed by atoms with Crippen molar-refractivity contribution in [2.45, 2.75) is 19.8 Å². The number of anilines is 1. The first-order valence-corrected chi connectivity index (χ1v) is 8.38. The molecule has 0 atom stereocenters. The van der Waals surface area contributed by atoms with Gasteiger partial charge in [0.25, 0.3) is 0 Å². The van der Waals surface area contributed by atoms with E-state index in [9.17, 15) is 4.79 Å². The average Bonchev–Trinajstić information content (AvgIpc) is 2.65. The fraction of sp³-hybridized carbons (Fsp3) is 0.286. The highest BCUT2D eigenvalue weighted by Crippen LogP contribution is 2.40. The van der Waals surface area contributed by atoms with Crippen LogP contribution in [0.5, 0.6) is 17.2 Å². The molecule has 0 aromatic heterocycles. The van der Waals surface area contributed by atoms with E-state index in [-0.39, 0.29) is 5.91 Å². The second-order valence-corrected chi connectivity index (χ2v) is 5.99. The first-order chi connectivity index (χ1) is 12.5. The van der Waals surface area contributed by atoms with Crippen LogP contribution in [-0.2, 0) is 4.79 Å². The highest BCUT2D eigenvalue weighted by Gasteiger charge is 2.14. The fourth-order valence-corrected chi connectivity index (χ4v) is 2.71. The summed E-state index contributed by atoms with van der Waals surface area (Å²) in [5.41, 5.74) is 2.63. The van der Waals surface area contributed by atoms with Crippen LogP contribution in [0.4, 0.5) is 5.69 Å². The van der Waals surface area contributed by atoms with Crippen molar-refractivity contribution in [1.82, 2.24) is 0 Å². The van der Waals surface area contributed by atoms with Gasteiger partial charge in [0.15, 0.2) is 11.5 Å².